The van der Waals surface area contributed by atoms with Crippen molar-refractivity contribution in [2.75, 3.05) is 0 Å². The maximum Gasteiger partial charge on any atom is 0.116 e. The van der Waals surface area contributed by atoms with Crippen molar-refractivity contribution in [1.29, 1.82) is 0 Å². The number of benzene rings is 4. The minimum Gasteiger partial charge on any atom is -0.387 e. The quantitative estimate of drug-likeness (QED) is 0.262. The first-order valence-electron chi connectivity index (χ1n) is 13.7. The average Bonchev–Trinajstić information content (AvgIpc) is 3.01. The van der Waals surface area contributed by atoms with Gasteiger partial charge in [-0.05, 0) is 22.3 Å². The molecule has 0 aromatic heterocycles. The third-order valence-electron chi connectivity index (χ3n) is 7.14. The van der Waals surface area contributed by atoms with Gasteiger partial charge in [-0.3, -0.25) is 0 Å². The molecule has 0 radical (unpaired) electrons. The van der Waals surface area contributed by atoms with Gasteiger partial charge in [-0.1, -0.05) is 121 Å². The molecule has 0 unspecified atom stereocenters. The second kappa shape index (κ2) is 14.3. The van der Waals surface area contributed by atoms with Crippen LogP contribution in [0.1, 0.15) is 22.3 Å². The van der Waals surface area contributed by atoms with Gasteiger partial charge in [-0.2, -0.15) is 0 Å². The largest absolute Gasteiger partial charge is 0.387 e. The molecule has 4 aromatic carbocycles. The van der Waals surface area contributed by atoms with E-state index in [0.29, 0.717) is 0 Å². The second-order valence-corrected chi connectivity index (χ2v) is 10.0. The first-order chi connectivity index (χ1) is 19.7. The zero-order valence-electron chi connectivity index (χ0n) is 22.4. The van der Waals surface area contributed by atoms with Crippen LogP contribution in [0, 0.1) is 0 Å². The minimum atomic E-state index is -1.25. The fourth-order valence-electron chi connectivity index (χ4n) is 4.98. The van der Waals surface area contributed by atoms with E-state index in [1.54, 1.807) is 0 Å². The summed E-state index contributed by atoms with van der Waals surface area (Å²) in [6, 6.07) is 39.1. The summed E-state index contributed by atoms with van der Waals surface area (Å²) in [5.74, 6) is 0. The summed E-state index contributed by atoms with van der Waals surface area (Å²) in [5.41, 5.74) is 3.87. The predicted octanol–water partition coefficient (Wildman–Crippen LogP) is 5.06. The number of hydrogen-bond donors (Lipinski definition) is 2. The van der Waals surface area contributed by atoms with Gasteiger partial charge < -0.3 is 29.2 Å². The molecule has 1 fully saturated rings. The summed E-state index contributed by atoms with van der Waals surface area (Å²) >= 11 is 0. The van der Waals surface area contributed by atoms with Crippen LogP contribution < -0.4 is 0 Å². The van der Waals surface area contributed by atoms with E-state index in [-0.39, 0.29) is 26.4 Å². The van der Waals surface area contributed by atoms with Crippen molar-refractivity contribution in [1.82, 2.24) is 0 Å². The molecule has 2 N–H and O–H groups in total. The van der Waals surface area contributed by atoms with Crippen LogP contribution >= 0.6 is 0 Å². The van der Waals surface area contributed by atoms with Crippen LogP contribution in [0.25, 0.3) is 0 Å². The Morgan fingerprint density at radius 2 is 0.575 bits per heavy atom. The fraction of sp³-hybridized carbons (Fsp3) is 0.294. The third kappa shape index (κ3) is 7.43. The van der Waals surface area contributed by atoms with Crippen molar-refractivity contribution < 1.29 is 29.2 Å². The van der Waals surface area contributed by atoms with Gasteiger partial charge in [0.25, 0.3) is 0 Å². The molecule has 5 rings (SSSR count). The van der Waals surface area contributed by atoms with Gasteiger partial charge in [0.05, 0.1) is 26.4 Å². The van der Waals surface area contributed by atoms with Crippen LogP contribution in [-0.2, 0) is 45.4 Å². The minimum absolute atomic E-state index is 0.251. The van der Waals surface area contributed by atoms with Crippen LogP contribution in [0.5, 0.6) is 0 Å². The Bertz CT molecular complexity index is 1150. The number of rotatable bonds is 12. The van der Waals surface area contributed by atoms with E-state index in [4.69, 9.17) is 18.9 Å². The summed E-state index contributed by atoms with van der Waals surface area (Å²) < 4.78 is 25.5. The van der Waals surface area contributed by atoms with Crippen LogP contribution in [-0.4, -0.2) is 46.8 Å². The third-order valence-corrected chi connectivity index (χ3v) is 7.14. The normalized spacial score (nSPS) is 24.6. The lowest BCUT2D eigenvalue weighted by molar-refractivity contribution is -0.273. The molecule has 6 atom stereocenters. The second-order valence-electron chi connectivity index (χ2n) is 10.0. The van der Waals surface area contributed by atoms with Gasteiger partial charge in [-0.25, -0.2) is 0 Å². The molecular weight excluding hydrogens is 504 g/mol. The highest BCUT2D eigenvalue weighted by Crippen LogP contribution is 2.32. The van der Waals surface area contributed by atoms with Crippen molar-refractivity contribution in [2.24, 2.45) is 0 Å². The highest BCUT2D eigenvalue weighted by molar-refractivity contribution is 5.17. The maximum atomic E-state index is 11.4. The van der Waals surface area contributed by atoms with E-state index in [1.807, 2.05) is 121 Å². The number of aliphatic hydroxyl groups excluding tert-OH is 2. The maximum absolute atomic E-state index is 11.4. The van der Waals surface area contributed by atoms with Crippen LogP contribution in [0.15, 0.2) is 121 Å². The predicted molar refractivity (Wildman–Crippen MR) is 152 cm³/mol. The van der Waals surface area contributed by atoms with Crippen molar-refractivity contribution >= 4 is 0 Å². The van der Waals surface area contributed by atoms with E-state index < -0.39 is 36.6 Å². The molecule has 0 aliphatic heterocycles. The zero-order valence-corrected chi connectivity index (χ0v) is 22.4. The standard InChI is InChI=1S/C34H36O6/c35-29-30(36)32(38-22-26-15-7-2-8-16-26)34(40-24-28-19-11-4-12-20-28)33(39-23-27-17-9-3-10-18-27)31(29)37-21-25-13-5-1-6-14-25/h1-20,29-36H,21-24H2/t29-,30+,31-,32-,33-,34-/m0/s1. The lowest BCUT2D eigenvalue weighted by atomic mass is 9.84. The molecular formula is C34H36O6. The molecule has 4 aromatic rings. The van der Waals surface area contributed by atoms with Gasteiger partial charge in [0, 0.05) is 0 Å². The van der Waals surface area contributed by atoms with Crippen molar-refractivity contribution in [3.8, 4) is 0 Å². The monoisotopic (exact) mass is 540 g/mol. The van der Waals surface area contributed by atoms with Gasteiger partial charge in [0.2, 0.25) is 0 Å². The molecule has 6 heteroatoms. The fourth-order valence-corrected chi connectivity index (χ4v) is 4.98. The van der Waals surface area contributed by atoms with Crippen molar-refractivity contribution in [2.45, 2.75) is 63.1 Å². The highest BCUT2D eigenvalue weighted by atomic mass is 16.6. The van der Waals surface area contributed by atoms with E-state index in [0.717, 1.165) is 22.3 Å². The zero-order chi connectivity index (χ0) is 27.6. The summed E-state index contributed by atoms with van der Waals surface area (Å²) in [6.07, 6.45) is -5.63. The van der Waals surface area contributed by atoms with Crippen molar-refractivity contribution in [3.63, 3.8) is 0 Å². The lowest BCUT2D eigenvalue weighted by Gasteiger charge is -2.47. The Morgan fingerprint density at radius 3 is 0.825 bits per heavy atom. The topological polar surface area (TPSA) is 77.4 Å². The molecule has 208 valence electrons. The summed E-state index contributed by atoms with van der Waals surface area (Å²) in [7, 11) is 0. The molecule has 0 amide bonds. The Balaban J connectivity index is 1.42. The highest BCUT2D eigenvalue weighted by Gasteiger charge is 2.52. The van der Waals surface area contributed by atoms with Crippen LogP contribution in [0.2, 0.25) is 0 Å². The first kappa shape index (κ1) is 28.2. The molecule has 0 saturated heterocycles. The van der Waals surface area contributed by atoms with Crippen molar-refractivity contribution in [3.05, 3.63) is 144 Å². The Morgan fingerprint density at radius 1 is 0.350 bits per heavy atom. The van der Waals surface area contributed by atoms with Crippen LogP contribution in [0.3, 0.4) is 0 Å². The lowest BCUT2D eigenvalue weighted by Crippen LogP contribution is -2.66. The van der Waals surface area contributed by atoms with Gasteiger partial charge in [0.1, 0.15) is 36.6 Å². The molecule has 0 bridgehead atoms. The Hall–Kier alpha value is -3.36. The molecule has 0 heterocycles. The molecule has 6 nitrogen and oxygen atoms in total. The first-order valence-corrected chi connectivity index (χ1v) is 13.7. The molecule has 40 heavy (non-hydrogen) atoms. The number of hydrogen-bond acceptors (Lipinski definition) is 6. The average molecular weight is 541 g/mol. The van der Waals surface area contributed by atoms with Gasteiger partial charge in [0.15, 0.2) is 0 Å². The SMILES string of the molecule is O[C@@H]1[C@H](O)[C@H](OCc2ccccc2)[C@H](OCc2ccccc2)[C@@H](OCc2ccccc2)[C@H]1OCc1ccccc1. The summed E-state index contributed by atoms with van der Waals surface area (Å²) in [5, 5.41) is 22.7. The molecule has 1 saturated carbocycles. The van der Waals surface area contributed by atoms with E-state index in [2.05, 4.69) is 0 Å². The Kier molecular flexibility index (Phi) is 10.1. The number of aliphatic hydroxyl groups is 2. The van der Waals surface area contributed by atoms with Gasteiger partial charge in [-0.15, -0.1) is 0 Å². The summed E-state index contributed by atoms with van der Waals surface area (Å²) in [4.78, 5) is 0. The molecule has 0 spiro atoms. The van der Waals surface area contributed by atoms with Gasteiger partial charge >= 0.3 is 0 Å². The van der Waals surface area contributed by atoms with E-state index in [1.165, 1.54) is 0 Å². The number of ether oxygens (including phenoxy) is 4. The van der Waals surface area contributed by atoms with E-state index in [9.17, 15) is 10.2 Å². The molecule has 1 aliphatic rings. The smallest absolute Gasteiger partial charge is 0.116 e. The Labute approximate surface area is 235 Å². The molecule has 1 aliphatic carbocycles. The van der Waals surface area contributed by atoms with Crippen LogP contribution in [0.4, 0.5) is 0 Å². The van der Waals surface area contributed by atoms with E-state index >= 15 is 0 Å². The summed E-state index contributed by atoms with van der Waals surface area (Å²) in [6.45, 7) is 1.08.